The van der Waals surface area contributed by atoms with Crippen LogP contribution in [0.3, 0.4) is 0 Å². The molecule has 19 heavy (non-hydrogen) atoms. The molecule has 0 amide bonds. The van der Waals surface area contributed by atoms with Crippen LogP contribution in [0.25, 0.3) is 11.1 Å². The number of hydrogen-bond acceptors (Lipinski definition) is 2. The minimum Gasteiger partial charge on any atom is -0.387 e. The summed E-state index contributed by atoms with van der Waals surface area (Å²) in [7, 11) is 0. The van der Waals surface area contributed by atoms with Gasteiger partial charge in [-0.3, -0.25) is 10.1 Å². The highest BCUT2D eigenvalue weighted by Gasteiger charge is 2.21. The van der Waals surface area contributed by atoms with Crippen LogP contribution >= 0.6 is 0 Å². The van der Waals surface area contributed by atoms with Gasteiger partial charge in [0.2, 0.25) is 0 Å². The predicted molar refractivity (Wildman–Crippen MR) is 78.0 cm³/mol. The van der Waals surface area contributed by atoms with Crippen LogP contribution in [0.5, 0.6) is 0 Å². The molecule has 100 valence electrons. The van der Waals surface area contributed by atoms with E-state index in [1.54, 1.807) is 0 Å². The van der Waals surface area contributed by atoms with Crippen molar-refractivity contribution in [1.82, 2.24) is 9.78 Å². The molecule has 0 bridgehead atoms. The minimum absolute atomic E-state index is 0.225. The van der Waals surface area contributed by atoms with E-state index < -0.39 is 0 Å². The van der Waals surface area contributed by atoms with Crippen molar-refractivity contribution in [2.75, 3.05) is 0 Å². The van der Waals surface area contributed by atoms with Crippen molar-refractivity contribution in [1.29, 1.82) is 5.41 Å². The molecule has 0 aliphatic heterocycles. The van der Waals surface area contributed by atoms with Crippen molar-refractivity contribution in [2.45, 2.75) is 26.8 Å². The monoisotopic (exact) mass is 256 g/mol. The number of aromatic nitrogens is 2. The van der Waals surface area contributed by atoms with E-state index >= 15 is 0 Å². The van der Waals surface area contributed by atoms with Gasteiger partial charge in [-0.25, -0.2) is 0 Å². The van der Waals surface area contributed by atoms with Crippen molar-refractivity contribution in [3.63, 3.8) is 0 Å². The summed E-state index contributed by atoms with van der Waals surface area (Å²) < 4.78 is 1.91. The van der Waals surface area contributed by atoms with Gasteiger partial charge in [-0.05, 0) is 12.0 Å². The predicted octanol–water partition coefficient (Wildman–Crippen LogP) is 2.90. The van der Waals surface area contributed by atoms with Gasteiger partial charge in [0, 0.05) is 23.7 Å². The van der Waals surface area contributed by atoms with Gasteiger partial charge in [-0.2, -0.15) is 5.10 Å². The van der Waals surface area contributed by atoms with Crippen molar-refractivity contribution < 1.29 is 0 Å². The van der Waals surface area contributed by atoms with Gasteiger partial charge in [-0.1, -0.05) is 44.2 Å². The SMILES string of the molecule is CC(C)(CCn1cc(-c2ccccc2)cn1)C(=N)N. The van der Waals surface area contributed by atoms with Crippen molar-refractivity contribution >= 4 is 5.84 Å². The van der Waals surface area contributed by atoms with Gasteiger partial charge in [0.1, 0.15) is 0 Å². The molecule has 0 unspecified atom stereocenters. The van der Waals surface area contributed by atoms with Gasteiger partial charge in [0.05, 0.1) is 12.0 Å². The maximum absolute atomic E-state index is 7.55. The fourth-order valence-electron chi connectivity index (χ4n) is 1.79. The molecule has 0 aliphatic carbocycles. The lowest BCUT2D eigenvalue weighted by Crippen LogP contribution is -2.31. The van der Waals surface area contributed by atoms with Crippen LogP contribution in [0, 0.1) is 10.8 Å². The summed E-state index contributed by atoms with van der Waals surface area (Å²) in [5.74, 6) is 0.225. The number of rotatable bonds is 5. The Labute approximate surface area is 113 Å². The van der Waals surface area contributed by atoms with Gasteiger partial charge in [-0.15, -0.1) is 0 Å². The number of amidine groups is 1. The second kappa shape index (κ2) is 5.26. The first-order valence-electron chi connectivity index (χ1n) is 6.41. The Morgan fingerprint density at radius 3 is 2.58 bits per heavy atom. The molecule has 4 heteroatoms. The molecule has 0 radical (unpaired) electrons. The Kier molecular flexibility index (Phi) is 3.69. The third kappa shape index (κ3) is 3.22. The van der Waals surface area contributed by atoms with Gasteiger partial charge in [0.15, 0.2) is 0 Å². The van der Waals surface area contributed by atoms with Gasteiger partial charge in [0.25, 0.3) is 0 Å². The summed E-state index contributed by atoms with van der Waals surface area (Å²) >= 11 is 0. The smallest absolute Gasteiger partial charge is 0.0963 e. The molecular formula is C15H20N4. The number of nitrogens with one attached hydrogen (secondary N) is 1. The van der Waals surface area contributed by atoms with Crippen LogP contribution in [0.15, 0.2) is 42.7 Å². The molecule has 0 fully saturated rings. The molecule has 0 aliphatic rings. The summed E-state index contributed by atoms with van der Waals surface area (Å²) in [4.78, 5) is 0. The highest BCUT2D eigenvalue weighted by atomic mass is 15.3. The number of aryl methyl sites for hydroxylation is 1. The quantitative estimate of drug-likeness (QED) is 0.638. The molecule has 3 N–H and O–H groups in total. The summed E-state index contributed by atoms with van der Waals surface area (Å²) in [5.41, 5.74) is 7.58. The first-order chi connectivity index (χ1) is 8.99. The highest BCUT2D eigenvalue weighted by molar-refractivity contribution is 5.82. The molecule has 4 nitrogen and oxygen atoms in total. The standard InChI is InChI=1S/C15H20N4/c1-15(2,14(16)17)8-9-19-11-13(10-18-19)12-6-4-3-5-7-12/h3-7,10-11H,8-9H2,1-2H3,(H3,16,17). The molecule has 0 saturated heterocycles. The summed E-state index contributed by atoms with van der Waals surface area (Å²) in [6.07, 6.45) is 4.71. The van der Waals surface area contributed by atoms with Crippen LogP contribution < -0.4 is 5.73 Å². The lowest BCUT2D eigenvalue weighted by molar-refractivity contribution is 0.411. The Morgan fingerprint density at radius 1 is 1.26 bits per heavy atom. The van der Waals surface area contributed by atoms with E-state index in [4.69, 9.17) is 11.1 Å². The van der Waals surface area contributed by atoms with E-state index in [-0.39, 0.29) is 11.3 Å². The molecule has 1 heterocycles. The lowest BCUT2D eigenvalue weighted by atomic mass is 9.88. The molecule has 0 atom stereocenters. The highest BCUT2D eigenvalue weighted by Crippen LogP contribution is 2.22. The van der Waals surface area contributed by atoms with Crippen LogP contribution in [0.4, 0.5) is 0 Å². The summed E-state index contributed by atoms with van der Waals surface area (Å²) in [6.45, 7) is 4.73. The Balaban J connectivity index is 2.05. The minimum atomic E-state index is -0.279. The maximum Gasteiger partial charge on any atom is 0.0963 e. The second-order valence-corrected chi connectivity index (χ2v) is 5.41. The molecular weight excluding hydrogens is 236 g/mol. The van der Waals surface area contributed by atoms with Gasteiger partial charge < -0.3 is 5.73 Å². The third-order valence-electron chi connectivity index (χ3n) is 3.44. The van der Waals surface area contributed by atoms with Crippen molar-refractivity contribution in [3.05, 3.63) is 42.7 Å². The number of nitrogens with zero attached hydrogens (tertiary/aromatic N) is 2. The number of nitrogens with two attached hydrogens (primary N) is 1. The largest absolute Gasteiger partial charge is 0.387 e. The average molecular weight is 256 g/mol. The molecule has 2 rings (SSSR count). The first-order valence-corrected chi connectivity index (χ1v) is 6.41. The average Bonchev–Trinajstić information content (AvgIpc) is 2.86. The molecule has 2 aromatic rings. The Hall–Kier alpha value is -2.10. The van der Waals surface area contributed by atoms with Crippen LogP contribution in [0.2, 0.25) is 0 Å². The van der Waals surface area contributed by atoms with Gasteiger partial charge >= 0.3 is 0 Å². The molecule has 1 aromatic heterocycles. The zero-order chi connectivity index (χ0) is 13.9. The van der Waals surface area contributed by atoms with Crippen molar-refractivity contribution in [2.24, 2.45) is 11.1 Å². The Morgan fingerprint density at radius 2 is 1.95 bits per heavy atom. The fourth-order valence-corrected chi connectivity index (χ4v) is 1.79. The van der Waals surface area contributed by atoms with E-state index in [9.17, 15) is 0 Å². The lowest BCUT2D eigenvalue weighted by Gasteiger charge is -2.22. The number of hydrogen-bond donors (Lipinski definition) is 2. The number of benzene rings is 1. The summed E-state index contributed by atoms with van der Waals surface area (Å²) in [5, 5.41) is 11.9. The fraction of sp³-hybridized carbons (Fsp3) is 0.333. The zero-order valence-electron chi connectivity index (χ0n) is 11.4. The second-order valence-electron chi connectivity index (χ2n) is 5.41. The van der Waals surface area contributed by atoms with E-state index in [1.807, 2.05) is 49.1 Å². The van der Waals surface area contributed by atoms with Crippen LogP contribution in [-0.2, 0) is 6.54 Å². The maximum atomic E-state index is 7.55. The first kappa shape index (κ1) is 13.3. The topological polar surface area (TPSA) is 67.7 Å². The van der Waals surface area contributed by atoms with E-state index in [0.717, 1.165) is 18.5 Å². The summed E-state index contributed by atoms with van der Waals surface area (Å²) in [6, 6.07) is 10.2. The van der Waals surface area contributed by atoms with Crippen molar-refractivity contribution in [3.8, 4) is 11.1 Å². The van der Waals surface area contributed by atoms with E-state index in [2.05, 4.69) is 17.2 Å². The molecule has 0 spiro atoms. The normalized spacial score (nSPS) is 11.5. The van der Waals surface area contributed by atoms with Crippen LogP contribution in [0.1, 0.15) is 20.3 Å². The zero-order valence-corrected chi connectivity index (χ0v) is 11.4. The Bertz CT molecular complexity index is 555. The molecule has 0 saturated carbocycles. The van der Waals surface area contributed by atoms with E-state index in [0.29, 0.717) is 0 Å². The third-order valence-corrected chi connectivity index (χ3v) is 3.44. The van der Waals surface area contributed by atoms with E-state index in [1.165, 1.54) is 5.56 Å². The van der Waals surface area contributed by atoms with Crippen LogP contribution in [-0.4, -0.2) is 15.6 Å². The molecule has 1 aromatic carbocycles.